The van der Waals surface area contributed by atoms with E-state index in [1.54, 1.807) is 0 Å². The normalized spacial score (nSPS) is 10.8. The molecular formula is C16H27NO. The zero-order chi connectivity index (χ0) is 13.1. The molecular weight excluding hydrogens is 222 g/mol. The van der Waals surface area contributed by atoms with Crippen LogP contribution in [-0.4, -0.2) is 13.2 Å². The summed E-state index contributed by atoms with van der Waals surface area (Å²) in [5.74, 6) is 0. The third kappa shape index (κ3) is 6.18. The van der Waals surface area contributed by atoms with Crippen LogP contribution in [0, 0.1) is 0 Å². The lowest BCUT2D eigenvalue weighted by Crippen LogP contribution is -2.15. The second kappa shape index (κ2) is 10.1. The largest absolute Gasteiger partial charge is 0.377 e. The van der Waals surface area contributed by atoms with Crippen molar-refractivity contribution < 1.29 is 4.74 Å². The summed E-state index contributed by atoms with van der Waals surface area (Å²) in [6.07, 6.45) is 4.86. The molecule has 2 heteroatoms. The van der Waals surface area contributed by atoms with E-state index < -0.39 is 0 Å². The molecule has 0 saturated carbocycles. The molecule has 18 heavy (non-hydrogen) atoms. The van der Waals surface area contributed by atoms with Gasteiger partial charge in [0, 0.05) is 13.2 Å². The van der Waals surface area contributed by atoms with E-state index in [-0.39, 0.29) is 0 Å². The van der Waals surface area contributed by atoms with Gasteiger partial charge < -0.3 is 10.1 Å². The Balaban J connectivity index is 2.33. The van der Waals surface area contributed by atoms with Gasteiger partial charge in [0.1, 0.15) is 0 Å². The van der Waals surface area contributed by atoms with Crippen molar-refractivity contribution in [2.24, 2.45) is 0 Å². The molecule has 0 fully saturated rings. The van der Waals surface area contributed by atoms with Crippen LogP contribution in [-0.2, 0) is 17.9 Å². The molecule has 0 amide bonds. The first-order valence-electron chi connectivity index (χ1n) is 7.23. The van der Waals surface area contributed by atoms with Gasteiger partial charge in [-0.3, -0.25) is 0 Å². The topological polar surface area (TPSA) is 21.3 Å². The van der Waals surface area contributed by atoms with Gasteiger partial charge in [0.05, 0.1) is 6.61 Å². The van der Waals surface area contributed by atoms with E-state index in [1.165, 1.54) is 36.8 Å². The van der Waals surface area contributed by atoms with E-state index in [2.05, 4.69) is 43.4 Å². The van der Waals surface area contributed by atoms with Gasteiger partial charge in [-0.25, -0.2) is 0 Å². The molecule has 0 radical (unpaired) electrons. The molecule has 102 valence electrons. The summed E-state index contributed by atoms with van der Waals surface area (Å²) in [6, 6.07) is 8.55. The number of unbranched alkanes of at least 4 members (excludes halogenated alkanes) is 2. The second-order valence-corrected chi connectivity index (χ2v) is 4.71. The van der Waals surface area contributed by atoms with Gasteiger partial charge in [0.15, 0.2) is 0 Å². The molecule has 0 atom stereocenters. The summed E-state index contributed by atoms with van der Waals surface area (Å²) in [5, 5.41) is 3.45. The molecule has 0 saturated heterocycles. The minimum absolute atomic E-state index is 0.744. The fraction of sp³-hybridized carbons (Fsp3) is 0.625. The fourth-order valence-corrected chi connectivity index (χ4v) is 1.91. The maximum Gasteiger partial charge on any atom is 0.0720 e. The van der Waals surface area contributed by atoms with Gasteiger partial charge in [-0.15, -0.1) is 0 Å². The molecule has 0 spiro atoms. The molecule has 1 aromatic rings. The highest BCUT2D eigenvalue weighted by Gasteiger charge is 2.01. The fourth-order valence-electron chi connectivity index (χ4n) is 1.91. The minimum Gasteiger partial charge on any atom is -0.377 e. The van der Waals surface area contributed by atoms with Crippen molar-refractivity contribution in [1.82, 2.24) is 5.32 Å². The zero-order valence-electron chi connectivity index (χ0n) is 11.9. The standard InChI is InChI=1S/C16H27NO/c1-3-5-8-12-18-14-16-10-7-6-9-15(16)13-17-11-4-2/h6-7,9-10,17H,3-5,8,11-14H2,1-2H3. The van der Waals surface area contributed by atoms with Crippen molar-refractivity contribution in [3.05, 3.63) is 35.4 Å². The first-order valence-corrected chi connectivity index (χ1v) is 7.23. The van der Waals surface area contributed by atoms with Crippen LogP contribution in [0.4, 0.5) is 0 Å². The molecule has 0 bridgehead atoms. The Morgan fingerprint density at radius 1 is 1.00 bits per heavy atom. The average Bonchev–Trinajstić information content (AvgIpc) is 2.40. The van der Waals surface area contributed by atoms with E-state index >= 15 is 0 Å². The number of ether oxygens (including phenoxy) is 1. The van der Waals surface area contributed by atoms with Crippen molar-refractivity contribution in [1.29, 1.82) is 0 Å². The first-order chi connectivity index (χ1) is 8.88. The highest BCUT2D eigenvalue weighted by Crippen LogP contribution is 2.10. The van der Waals surface area contributed by atoms with Crippen LogP contribution in [0.1, 0.15) is 50.7 Å². The molecule has 1 rings (SSSR count). The Morgan fingerprint density at radius 3 is 2.50 bits per heavy atom. The predicted molar refractivity (Wildman–Crippen MR) is 77.6 cm³/mol. The summed E-state index contributed by atoms with van der Waals surface area (Å²) in [5.41, 5.74) is 2.68. The smallest absolute Gasteiger partial charge is 0.0720 e. The second-order valence-electron chi connectivity index (χ2n) is 4.71. The number of rotatable bonds is 10. The molecule has 0 heterocycles. The molecule has 1 N–H and O–H groups in total. The Bertz CT molecular complexity index is 312. The summed E-state index contributed by atoms with van der Waals surface area (Å²) >= 11 is 0. The van der Waals surface area contributed by atoms with E-state index in [0.717, 1.165) is 26.3 Å². The van der Waals surface area contributed by atoms with E-state index in [1.807, 2.05) is 0 Å². The van der Waals surface area contributed by atoms with Gasteiger partial charge in [-0.2, -0.15) is 0 Å². The number of hydrogen-bond acceptors (Lipinski definition) is 2. The highest BCUT2D eigenvalue weighted by atomic mass is 16.5. The van der Waals surface area contributed by atoms with Crippen molar-refractivity contribution in [2.45, 2.75) is 52.7 Å². The monoisotopic (exact) mass is 249 g/mol. The predicted octanol–water partition coefficient (Wildman–Crippen LogP) is 3.89. The quantitative estimate of drug-likeness (QED) is 0.635. The lowest BCUT2D eigenvalue weighted by Gasteiger charge is -2.10. The molecule has 0 aliphatic heterocycles. The average molecular weight is 249 g/mol. The zero-order valence-corrected chi connectivity index (χ0v) is 11.9. The summed E-state index contributed by atoms with van der Waals surface area (Å²) < 4.78 is 5.74. The van der Waals surface area contributed by atoms with Crippen LogP contribution in [0.2, 0.25) is 0 Å². The minimum atomic E-state index is 0.744. The molecule has 0 aromatic heterocycles. The van der Waals surface area contributed by atoms with E-state index in [9.17, 15) is 0 Å². The van der Waals surface area contributed by atoms with Gasteiger partial charge in [-0.1, -0.05) is 51.0 Å². The summed E-state index contributed by atoms with van der Waals surface area (Å²) in [4.78, 5) is 0. The number of nitrogens with one attached hydrogen (secondary N) is 1. The maximum absolute atomic E-state index is 5.74. The molecule has 0 unspecified atom stereocenters. The van der Waals surface area contributed by atoms with Crippen molar-refractivity contribution >= 4 is 0 Å². The van der Waals surface area contributed by atoms with Gasteiger partial charge in [-0.05, 0) is 30.5 Å². The van der Waals surface area contributed by atoms with Crippen LogP contribution in [0.5, 0.6) is 0 Å². The molecule has 0 aliphatic carbocycles. The number of benzene rings is 1. The SMILES string of the molecule is CCCCCOCc1ccccc1CNCCC. The lowest BCUT2D eigenvalue weighted by atomic mass is 10.1. The van der Waals surface area contributed by atoms with Crippen LogP contribution in [0.15, 0.2) is 24.3 Å². The Hall–Kier alpha value is -0.860. The van der Waals surface area contributed by atoms with Crippen LogP contribution in [0.25, 0.3) is 0 Å². The van der Waals surface area contributed by atoms with Crippen molar-refractivity contribution in [3.63, 3.8) is 0 Å². The van der Waals surface area contributed by atoms with E-state index in [0.29, 0.717) is 0 Å². The third-order valence-electron chi connectivity index (χ3n) is 3.01. The number of hydrogen-bond donors (Lipinski definition) is 1. The third-order valence-corrected chi connectivity index (χ3v) is 3.01. The first kappa shape index (κ1) is 15.2. The van der Waals surface area contributed by atoms with Gasteiger partial charge in [0.25, 0.3) is 0 Å². The van der Waals surface area contributed by atoms with Gasteiger partial charge in [0.2, 0.25) is 0 Å². The maximum atomic E-state index is 5.74. The molecule has 1 aromatic carbocycles. The van der Waals surface area contributed by atoms with Crippen molar-refractivity contribution in [3.8, 4) is 0 Å². The summed E-state index contributed by atoms with van der Waals surface area (Å²) in [7, 11) is 0. The molecule has 2 nitrogen and oxygen atoms in total. The summed E-state index contributed by atoms with van der Waals surface area (Å²) in [6.45, 7) is 8.05. The van der Waals surface area contributed by atoms with Crippen LogP contribution in [0.3, 0.4) is 0 Å². The van der Waals surface area contributed by atoms with Crippen LogP contribution >= 0.6 is 0 Å². The van der Waals surface area contributed by atoms with Crippen LogP contribution < -0.4 is 5.32 Å². The van der Waals surface area contributed by atoms with Crippen molar-refractivity contribution in [2.75, 3.05) is 13.2 Å². The highest BCUT2D eigenvalue weighted by molar-refractivity contribution is 5.26. The molecule has 0 aliphatic rings. The van der Waals surface area contributed by atoms with E-state index in [4.69, 9.17) is 4.74 Å². The Labute approximate surface area is 112 Å². The lowest BCUT2D eigenvalue weighted by molar-refractivity contribution is 0.116. The van der Waals surface area contributed by atoms with Gasteiger partial charge >= 0.3 is 0 Å². The Morgan fingerprint density at radius 2 is 1.78 bits per heavy atom. The Kier molecular flexibility index (Phi) is 8.53.